The fraction of sp³-hybridized carbons (Fsp3) is 0.938. The third-order valence-corrected chi connectivity index (χ3v) is 4.51. The minimum absolute atomic E-state index is 0.370. The quantitative estimate of drug-likeness (QED) is 0.601. The zero-order chi connectivity index (χ0) is 14.2. The molecule has 2 rings (SSSR count). The Labute approximate surface area is 123 Å². The van der Waals surface area contributed by atoms with Gasteiger partial charge in [-0.1, -0.05) is 19.8 Å². The molecule has 2 N–H and O–H groups in total. The van der Waals surface area contributed by atoms with Crippen LogP contribution in [0.1, 0.15) is 52.4 Å². The molecule has 0 aromatic carbocycles. The van der Waals surface area contributed by atoms with Gasteiger partial charge in [-0.25, -0.2) is 0 Å². The molecule has 1 aliphatic carbocycles. The van der Waals surface area contributed by atoms with Crippen LogP contribution in [0.2, 0.25) is 0 Å². The molecule has 116 valence electrons. The Morgan fingerprint density at radius 2 is 1.95 bits per heavy atom. The molecule has 2 fully saturated rings. The second kappa shape index (κ2) is 8.50. The molecule has 0 radical (unpaired) electrons. The van der Waals surface area contributed by atoms with Gasteiger partial charge in [0, 0.05) is 26.2 Å². The van der Waals surface area contributed by atoms with E-state index in [4.69, 9.17) is 9.73 Å². The Morgan fingerprint density at radius 1 is 1.15 bits per heavy atom. The molecule has 1 atom stereocenters. The summed E-state index contributed by atoms with van der Waals surface area (Å²) in [5.41, 5.74) is 0. The van der Waals surface area contributed by atoms with Crippen molar-refractivity contribution in [2.45, 2.75) is 58.5 Å². The fourth-order valence-electron chi connectivity index (χ4n) is 3.09. The van der Waals surface area contributed by atoms with Crippen LogP contribution < -0.4 is 10.6 Å². The average molecular weight is 281 g/mol. The first-order chi connectivity index (χ1) is 9.78. The van der Waals surface area contributed by atoms with Gasteiger partial charge in [-0.15, -0.1) is 0 Å². The van der Waals surface area contributed by atoms with E-state index in [1.807, 2.05) is 0 Å². The predicted molar refractivity (Wildman–Crippen MR) is 84.1 cm³/mol. The lowest BCUT2D eigenvalue weighted by atomic mass is 9.83. The van der Waals surface area contributed by atoms with Gasteiger partial charge in [-0.3, -0.25) is 4.99 Å². The van der Waals surface area contributed by atoms with Crippen molar-refractivity contribution in [2.75, 3.05) is 26.2 Å². The van der Waals surface area contributed by atoms with Gasteiger partial charge in [0.25, 0.3) is 0 Å². The smallest absolute Gasteiger partial charge is 0.191 e. The number of hydrogen-bond donors (Lipinski definition) is 2. The van der Waals surface area contributed by atoms with Crippen molar-refractivity contribution in [3.05, 3.63) is 0 Å². The normalized spacial score (nSPS) is 31.3. The molecule has 4 heteroatoms. The highest BCUT2D eigenvalue weighted by Crippen LogP contribution is 2.28. The van der Waals surface area contributed by atoms with Crippen LogP contribution in [-0.2, 0) is 4.74 Å². The molecule has 0 amide bonds. The summed E-state index contributed by atoms with van der Waals surface area (Å²) in [7, 11) is 0. The molecule has 1 aliphatic heterocycles. The third kappa shape index (κ3) is 5.31. The molecule has 0 bridgehead atoms. The average Bonchev–Trinajstić information content (AvgIpc) is 2.97. The van der Waals surface area contributed by atoms with Gasteiger partial charge in [0.1, 0.15) is 0 Å². The van der Waals surface area contributed by atoms with Crippen molar-refractivity contribution in [3.63, 3.8) is 0 Å². The zero-order valence-electron chi connectivity index (χ0n) is 13.2. The summed E-state index contributed by atoms with van der Waals surface area (Å²) in [4.78, 5) is 4.76. The Kier molecular flexibility index (Phi) is 6.64. The molecule has 0 aromatic rings. The lowest BCUT2D eigenvalue weighted by molar-refractivity contribution is 0.114. The van der Waals surface area contributed by atoms with Crippen LogP contribution >= 0.6 is 0 Å². The van der Waals surface area contributed by atoms with E-state index in [0.29, 0.717) is 6.10 Å². The van der Waals surface area contributed by atoms with Crippen molar-refractivity contribution in [2.24, 2.45) is 16.8 Å². The number of hydrogen-bond acceptors (Lipinski definition) is 2. The first-order valence-corrected chi connectivity index (χ1v) is 8.41. The minimum Gasteiger partial charge on any atom is -0.376 e. The van der Waals surface area contributed by atoms with Crippen LogP contribution in [-0.4, -0.2) is 38.3 Å². The van der Waals surface area contributed by atoms with Crippen molar-refractivity contribution < 1.29 is 4.74 Å². The Bertz CT molecular complexity index is 292. The lowest BCUT2D eigenvalue weighted by Gasteiger charge is -2.25. The minimum atomic E-state index is 0.370. The zero-order valence-corrected chi connectivity index (χ0v) is 13.2. The second-order valence-corrected chi connectivity index (χ2v) is 6.36. The van der Waals surface area contributed by atoms with Crippen molar-refractivity contribution in [1.82, 2.24) is 10.6 Å². The van der Waals surface area contributed by atoms with E-state index < -0.39 is 0 Å². The van der Waals surface area contributed by atoms with E-state index in [1.165, 1.54) is 38.5 Å². The highest BCUT2D eigenvalue weighted by molar-refractivity contribution is 5.79. The van der Waals surface area contributed by atoms with Gasteiger partial charge >= 0.3 is 0 Å². The molecular weight excluding hydrogens is 250 g/mol. The molecule has 1 saturated heterocycles. The first kappa shape index (κ1) is 15.6. The Hall–Kier alpha value is -0.770. The maximum atomic E-state index is 5.64. The van der Waals surface area contributed by atoms with Crippen LogP contribution in [0.5, 0.6) is 0 Å². The third-order valence-electron chi connectivity index (χ3n) is 4.51. The van der Waals surface area contributed by atoms with Crippen LogP contribution in [0, 0.1) is 11.8 Å². The molecule has 0 spiro atoms. The van der Waals surface area contributed by atoms with Crippen LogP contribution in [0.15, 0.2) is 4.99 Å². The summed E-state index contributed by atoms with van der Waals surface area (Å²) >= 11 is 0. The Morgan fingerprint density at radius 3 is 2.60 bits per heavy atom. The largest absolute Gasteiger partial charge is 0.376 e. The monoisotopic (exact) mass is 281 g/mol. The molecule has 20 heavy (non-hydrogen) atoms. The molecule has 1 saturated carbocycles. The molecule has 0 aromatic heterocycles. The van der Waals surface area contributed by atoms with E-state index in [-0.39, 0.29) is 0 Å². The van der Waals surface area contributed by atoms with Crippen molar-refractivity contribution in [1.29, 1.82) is 0 Å². The summed E-state index contributed by atoms with van der Waals surface area (Å²) in [5.74, 6) is 2.66. The standard InChI is InChI=1S/C16H31N3O/c1-3-17-16(19-12-15-5-4-10-20-15)18-11-14-8-6-13(2)7-9-14/h13-15H,3-12H2,1-2H3,(H2,17,18,19). The summed E-state index contributed by atoms with van der Waals surface area (Å²) in [6.07, 6.45) is 8.17. The Balaban J connectivity index is 1.72. The predicted octanol–water partition coefficient (Wildman–Crippen LogP) is 2.55. The maximum Gasteiger partial charge on any atom is 0.191 e. The van der Waals surface area contributed by atoms with Crippen molar-refractivity contribution in [3.8, 4) is 0 Å². The summed E-state index contributed by atoms with van der Waals surface area (Å²) in [5, 5.41) is 6.76. The highest BCUT2D eigenvalue weighted by Gasteiger charge is 2.18. The summed E-state index contributed by atoms with van der Waals surface area (Å²) < 4.78 is 5.64. The van der Waals surface area contributed by atoms with Gasteiger partial charge in [-0.05, 0) is 44.4 Å². The molecular formula is C16H31N3O. The van der Waals surface area contributed by atoms with E-state index in [0.717, 1.165) is 44.0 Å². The van der Waals surface area contributed by atoms with E-state index in [9.17, 15) is 0 Å². The first-order valence-electron chi connectivity index (χ1n) is 8.41. The van der Waals surface area contributed by atoms with Gasteiger partial charge < -0.3 is 15.4 Å². The van der Waals surface area contributed by atoms with Crippen LogP contribution in [0.25, 0.3) is 0 Å². The van der Waals surface area contributed by atoms with Crippen LogP contribution in [0.4, 0.5) is 0 Å². The van der Waals surface area contributed by atoms with E-state index in [2.05, 4.69) is 24.5 Å². The fourth-order valence-corrected chi connectivity index (χ4v) is 3.09. The molecule has 4 nitrogen and oxygen atoms in total. The number of nitrogens with zero attached hydrogens (tertiary/aromatic N) is 1. The highest BCUT2D eigenvalue weighted by atomic mass is 16.5. The van der Waals surface area contributed by atoms with Gasteiger partial charge in [0.15, 0.2) is 5.96 Å². The van der Waals surface area contributed by atoms with Gasteiger partial charge in [-0.2, -0.15) is 0 Å². The number of ether oxygens (including phenoxy) is 1. The molecule has 2 aliphatic rings. The van der Waals surface area contributed by atoms with Crippen molar-refractivity contribution >= 4 is 5.96 Å². The second-order valence-electron chi connectivity index (χ2n) is 6.36. The number of nitrogens with one attached hydrogen (secondary N) is 2. The number of guanidine groups is 1. The van der Waals surface area contributed by atoms with Crippen LogP contribution in [0.3, 0.4) is 0 Å². The topological polar surface area (TPSA) is 45.7 Å². The summed E-state index contributed by atoms with van der Waals surface area (Å²) in [6.45, 7) is 8.17. The van der Waals surface area contributed by atoms with Gasteiger partial charge in [0.05, 0.1) is 6.10 Å². The van der Waals surface area contributed by atoms with E-state index >= 15 is 0 Å². The lowest BCUT2D eigenvalue weighted by Crippen LogP contribution is -2.41. The summed E-state index contributed by atoms with van der Waals surface area (Å²) in [6, 6.07) is 0. The SMILES string of the molecule is CCNC(=NCC1CCC(C)CC1)NCC1CCCO1. The maximum absolute atomic E-state index is 5.64. The van der Waals surface area contributed by atoms with E-state index in [1.54, 1.807) is 0 Å². The molecule has 1 unspecified atom stereocenters. The van der Waals surface area contributed by atoms with Gasteiger partial charge in [0.2, 0.25) is 0 Å². The number of rotatable bonds is 5. The number of aliphatic imine (C=N–C) groups is 1. The molecule has 1 heterocycles.